The number of esters is 1. The number of ether oxygens (including phenoxy) is 3. The first-order valence-corrected chi connectivity index (χ1v) is 12.2. The number of methoxy groups -OCH3 is 1. The van der Waals surface area contributed by atoms with E-state index in [1.807, 2.05) is 6.92 Å². The molecule has 2 heterocycles. The fourth-order valence-corrected chi connectivity index (χ4v) is 4.33. The van der Waals surface area contributed by atoms with Crippen LogP contribution in [-0.4, -0.2) is 36.5 Å². The van der Waals surface area contributed by atoms with Crippen molar-refractivity contribution < 1.29 is 37.4 Å². The zero-order valence-electron chi connectivity index (χ0n) is 19.9. The van der Waals surface area contributed by atoms with Crippen molar-refractivity contribution in [1.82, 2.24) is 10.2 Å². The zero-order valence-corrected chi connectivity index (χ0v) is 22.0. The molecule has 1 N–H and O–H groups in total. The minimum absolute atomic E-state index is 0.0111. The molecule has 4 rings (SSSR count). The van der Waals surface area contributed by atoms with E-state index < -0.39 is 17.9 Å². The van der Waals surface area contributed by atoms with Crippen molar-refractivity contribution in [1.29, 1.82) is 0 Å². The summed E-state index contributed by atoms with van der Waals surface area (Å²) in [5.74, 6) is -0.523. The summed E-state index contributed by atoms with van der Waals surface area (Å²) in [6.07, 6.45) is 1.52. The quantitative estimate of drug-likeness (QED) is 0.157. The van der Waals surface area contributed by atoms with Crippen LogP contribution < -0.4 is 14.8 Å². The van der Waals surface area contributed by atoms with Gasteiger partial charge in [0.15, 0.2) is 11.5 Å². The smallest absolute Gasteiger partial charge is 0.373 e. The second-order valence-electron chi connectivity index (χ2n) is 7.78. The molecule has 0 radical (unpaired) electrons. The van der Waals surface area contributed by atoms with E-state index in [1.165, 1.54) is 31.4 Å². The Morgan fingerprint density at radius 2 is 1.95 bits per heavy atom. The average Bonchev–Trinajstić information content (AvgIpc) is 3.44. The summed E-state index contributed by atoms with van der Waals surface area (Å²) >= 11 is 2.07. The topological polar surface area (TPSA) is 107 Å². The van der Waals surface area contributed by atoms with Gasteiger partial charge in [-0.05, 0) is 71.5 Å². The van der Waals surface area contributed by atoms with Crippen LogP contribution in [0.3, 0.4) is 0 Å². The van der Waals surface area contributed by atoms with Gasteiger partial charge in [0.2, 0.25) is 5.76 Å². The first-order chi connectivity index (χ1) is 17.8. The monoisotopic (exact) mass is 620 g/mol. The number of carbonyl (C=O) groups is 3. The molecule has 3 amide bonds. The number of urea groups is 1. The summed E-state index contributed by atoms with van der Waals surface area (Å²) in [4.78, 5) is 37.9. The molecule has 1 saturated heterocycles. The average molecular weight is 620 g/mol. The van der Waals surface area contributed by atoms with E-state index in [0.717, 1.165) is 4.90 Å². The largest absolute Gasteiger partial charge is 0.490 e. The number of hydrogen-bond acceptors (Lipinski definition) is 7. The van der Waals surface area contributed by atoms with Gasteiger partial charge in [-0.2, -0.15) is 0 Å². The van der Waals surface area contributed by atoms with Gasteiger partial charge >= 0.3 is 12.0 Å². The summed E-state index contributed by atoms with van der Waals surface area (Å²) in [6.45, 7) is 2.02. The summed E-state index contributed by atoms with van der Waals surface area (Å²) in [6, 6.07) is 12.0. The highest BCUT2D eigenvalue weighted by Crippen LogP contribution is 2.36. The number of halogens is 2. The Hall–Kier alpha value is -3.87. The van der Waals surface area contributed by atoms with Crippen LogP contribution in [0.4, 0.5) is 9.18 Å². The second-order valence-corrected chi connectivity index (χ2v) is 8.94. The van der Waals surface area contributed by atoms with Crippen LogP contribution >= 0.6 is 22.6 Å². The first-order valence-electron chi connectivity index (χ1n) is 11.1. The van der Waals surface area contributed by atoms with Gasteiger partial charge in [-0.3, -0.25) is 9.69 Å². The lowest BCUT2D eigenvalue weighted by Crippen LogP contribution is -2.30. The van der Waals surface area contributed by atoms with E-state index >= 15 is 0 Å². The van der Waals surface area contributed by atoms with Crippen molar-refractivity contribution in [2.24, 2.45) is 0 Å². The number of hydrogen-bond donors (Lipinski definition) is 1. The number of imide groups is 1. The van der Waals surface area contributed by atoms with E-state index in [-0.39, 0.29) is 36.2 Å². The van der Waals surface area contributed by atoms with Crippen LogP contribution in [0.15, 0.2) is 58.6 Å². The number of benzene rings is 2. The predicted molar refractivity (Wildman–Crippen MR) is 138 cm³/mol. The minimum atomic E-state index is -0.662. The summed E-state index contributed by atoms with van der Waals surface area (Å²) < 4.78 is 36.2. The van der Waals surface area contributed by atoms with Crippen molar-refractivity contribution in [2.75, 3.05) is 13.7 Å². The van der Waals surface area contributed by atoms with Gasteiger partial charge in [-0.15, -0.1) is 0 Å². The van der Waals surface area contributed by atoms with Gasteiger partial charge in [-0.1, -0.05) is 18.2 Å². The molecule has 0 aliphatic carbocycles. The number of amides is 3. The number of nitrogens with zero attached hydrogens (tertiary/aromatic N) is 1. The molecule has 11 heteroatoms. The molecule has 1 fully saturated rings. The third-order valence-corrected chi connectivity index (χ3v) is 6.10. The molecule has 9 nitrogen and oxygen atoms in total. The third kappa shape index (κ3) is 5.93. The number of rotatable bonds is 9. The second kappa shape index (κ2) is 11.5. The molecule has 2 aromatic carbocycles. The molecule has 0 atom stereocenters. The normalized spacial score (nSPS) is 14.2. The van der Waals surface area contributed by atoms with Gasteiger partial charge in [0, 0.05) is 5.56 Å². The Morgan fingerprint density at radius 3 is 2.68 bits per heavy atom. The molecular formula is C26H22FIN2O7. The van der Waals surface area contributed by atoms with Crippen LogP contribution in [-0.2, 0) is 22.7 Å². The zero-order chi connectivity index (χ0) is 26.5. The highest BCUT2D eigenvalue weighted by Gasteiger charge is 2.34. The van der Waals surface area contributed by atoms with Crippen LogP contribution in [0.5, 0.6) is 11.5 Å². The lowest BCUT2D eigenvalue weighted by Gasteiger charge is -2.15. The molecule has 37 heavy (non-hydrogen) atoms. The lowest BCUT2D eigenvalue weighted by atomic mass is 10.1. The van der Waals surface area contributed by atoms with E-state index in [0.29, 0.717) is 32.8 Å². The molecule has 0 unspecified atom stereocenters. The standard InChI is InChI=1S/C26H22FIN2O7/c1-3-35-22-12-15(10-19(28)23(22)36-14-16-6-4-5-7-18(16)27)11-20-24(31)30(26(33)29-20)13-17-8-9-21(37-17)25(32)34-2/h4-12H,3,13-14H2,1-2H3,(H,29,33)/b20-11-. The maximum atomic E-state index is 14.0. The van der Waals surface area contributed by atoms with E-state index in [1.54, 1.807) is 30.3 Å². The molecular weight excluding hydrogens is 598 g/mol. The van der Waals surface area contributed by atoms with E-state index in [9.17, 15) is 18.8 Å². The summed E-state index contributed by atoms with van der Waals surface area (Å²) in [5.41, 5.74) is 1.05. The fourth-order valence-electron chi connectivity index (χ4n) is 3.55. The van der Waals surface area contributed by atoms with Crippen LogP contribution in [0.1, 0.15) is 34.4 Å². The molecule has 3 aromatic rings. The Labute approximate surface area is 225 Å². The predicted octanol–water partition coefficient (Wildman–Crippen LogP) is 4.88. The van der Waals surface area contributed by atoms with Crippen molar-refractivity contribution >= 4 is 46.6 Å². The van der Waals surface area contributed by atoms with Gasteiger partial charge in [0.25, 0.3) is 5.91 Å². The van der Waals surface area contributed by atoms with Crippen LogP contribution in [0, 0.1) is 9.39 Å². The Kier molecular flexibility index (Phi) is 8.11. The van der Waals surface area contributed by atoms with Gasteiger partial charge in [0.05, 0.1) is 23.8 Å². The molecule has 1 aliphatic heterocycles. The summed E-state index contributed by atoms with van der Waals surface area (Å²) in [7, 11) is 1.22. The molecule has 0 spiro atoms. The first kappa shape index (κ1) is 26.2. The number of nitrogens with one attached hydrogen (secondary N) is 1. The van der Waals surface area contributed by atoms with E-state index in [4.69, 9.17) is 13.9 Å². The van der Waals surface area contributed by atoms with Crippen molar-refractivity contribution in [3.8, 4) is 11.5 Å². The van der Waals surface area contributed by atoms with Gasteiger partial charge in [-0.25, -0.2) is 14.0 Å². The highest BCUT2D eigenvalue weighted by molar-refractivity contribution is 14.1. The summed E-state index contributed by atoms with van der Waals surface area (Å²) in [5, 5.41) is 2.55. The van der Waals surface area contributed by atoms with Gasteiger partial charge in [0.1, 0.15) is 23.9 Å². The fraction of sp³-hybridized carbons (Fsp3) is 0.192. The maximum Gasteiger partial charge on any atom is 0.373 e. The molecule has 0 bridgehead atoms. The highest BCUT2D eigenvalue weighted by atomic mass is 127. The lowest BCUT2D eigenvalue weighted by molar-refractivity contribution is -0.123. The Balaban J connectivity index is 1.53. The SMILES string of the molecule is CCOc1cc(/C=C2\NC(=O)N(Cc3ccc(C(=O)OC)o3)C2=O)cc(I)c1OCc1ccccc1F. The van der Waals surface area contributed by atoms with Crippen LogP contribution in [0.25, 0.3) is 6.08 Å². The molecule has 1 aliphatic rings. The molecule has 192 valence electrons. The Bertz CT molecular complexity index is 1380. The number of carbonyl (C=O) groups excluding carboxylic acids is 3. The van der Waals surface area contributed by atoms with Crippen molar-refractivity contribution in [2.45, 2.75) is 20.1 Å². The number of furan rings is 1. The van der Waals surface area contributed by atoms with Gasteiger partial charge < -0.3 is 23.9 Å². The molecule has 0 saturated carbocycles. The van der Waals surface area contributed by atoms with Crippen molar-refractivity contribution in [3.63, 3.8) is 0 Å². The third-order valence-electron chi connectivity index (χ3n) is 5.30. The van der Waals surface area contributed by atoms with E-state index in [2.05, 4.69) is 32.6 Å². The Morgan fingerprint density at radius 1 is 1.16 bits per heavy atom. The van der Waals surface area contributed by atoms with Crippen LogP contribution in [0.2, 0.25) is 0 Å². The van der Waals surface area contributed by atoms with Crippen molar-refractivity contribution in [3.05, 3.63) is 86.3 Å². The molecule has 1 aromatic heterocycles. The minimum Gasteiger partial charge on any atom is -0.490 e. The maximum absolute atomic E-state index is 14.0.